The van der Waals surface area contributed by atoms with Crippen molar-refractivity contribution >= 4 is 22.4 Å². The number of rotatable bonds is 4. The molecule has 0 saturated carbocycles. The predicted octanol–water partition coefficient (Wildman–Crippen LogP) is 3.35. The van der Waals surface area contributed by atoms with Gasteiger partial charge < -0.3 is 4.74 Å². The second-order valence-corrected chi connectivity index (χ2v) is 5.93. The minimum Gasteiger partial charge on any atom is -0.489 e. The maximum absolute atomic E-state index is 11.3. The Bertz CT molecular complexity index is 1000. The lowest BCUT2D eigenvalue weighted by molar-refractivity contribution is 0.306. The van der Waals surface area contributed by atoms with Crippen molar-refractivity contribution in [2.24, 2.45) is 0 Å². The number of hydrogen-bond acceptors (Lipinski definition) is 4. The molecule has 6 heteroatoms. The zero-order chi connectivity index (χ0) is 15.6. The predicted molar refractivity (Wildman–Crippen MR) is 90.3 cm³/mol. The highest BCUT2D eigenvalue weighted by Crippen LogP contribution is 2.24. The number of fused-ring (bicyclic) bond motifs is 1. The lowest BCUT2D eigenvalue weighted by atomic mass is 10.2. The maximum atomic E-state index is 11.3. The van der Waals surface area contributed by atoms with Crippen molar-refractivity contribution in [2.45, 2.75) is 6.61 Å². The lowest BCUT2D eigenvalue weighted by Gasteiger charge is -2.06. The quantitative estimate of drug-likeness (QED) is 0.626. The van der Waals surface area contributed by atoms with Gasteiger partial charge in [-0.1, -0.05) is 30.3 Å². The number of H-pyrrole nitrogens is 1. The Morgan fingerprint density at radius 1 is 1.13 bits per heavy atom. The van der Waals surface area contributed by atoms with Crippen LogP contribution in [0.1, 0.15) is 5.56 Å². The van der Waals surface area contributed by atoms with Gasteiger partial charge in [-0.15, -0.1) is 0 Å². The second-order valence-electron chi connectivity index (χ2n) is 5.10. The van der Waals surface area contributed by atoms with Crippen molar-refractivity contribution in [3.63, 3.8) is 0 Å². The zero-order valence-corrected chi connectivity index (χ0v) is 12.9. The Kier molecular flexibility index (Phi) is 3.44. The third-order valence-corrected chi connectivity index (χ3v) is 4.31. The summed E-state index contributed by atoms with van der Waals surface area (Å²) in [6.45, 7) is 0.528. The van der Waals surface area contributed by atoms with E-state index in [1.54, 1.807) is 10.9 Å². The van der Waals surface area contributed by atoms with Crippen molar-refractivity contribution in [1.82, 2.24) is 14.2 Å². The molecule has 4 rings (SSSR count). The summed E-state index contributed by atoms with van der Waals surface area (Å²) in [5.41, 5.74) is 1.95. The summed E-state index contributed by atoms with van der Waals surface area (Å²) in [4.78, 5) is 11.3. The van der Waals surface area contributed by atoms with Gasteiger partial charge in [0.05, 0.1) is 11.7 Å². The smallest absolute Gasteiger partial charge is 0.260 e. The van der Waals surface area contributed by atoms with Gasteiger partial charge >= 0.3 is 0 Å². The summed E-state index contributed by atoms with van der Waals surface area (Å²) in [5.74, 6) is 0.795. The summed E-state index contributed by atoms with van der Waals surface area (Å²) in [7, 11) is 0. The molecule has 2 aromatic heterocycles. The molecule has 0 fully saturated rings. The van der Waals surface area contributed by atoms with E-state index in [1.807, 2.05) is 48.5 Å². The molecule has 0 bridgehead atoms. The SMILES string of the molecule is O=c1cc(-n2ncc3cc(OCc4ccccc4)ccc32)s[nH]1. The van der Waals surface area contributed by atoms with Crippen LogP contribution in [0.25, 0.3) is 15.9 Å². The van der Waals surface area contributed by atoms with Gasteiger partial charge in [-0.3, -0.25) is 9.17 Å². The number of nitrogens with one attached hydrogen (secondary N) is 1. The first-order valence-corrected chi connectivity index (χ1v) is 7.95. The average molecular weight is 323 g/mol. The molecule has 0 saturated heterocycles. The van der Waals surface area contributed by atoms with E-state index in [4.69, 9.17) is 4.74 Å². The van der Waals surface area contributed by atoms with Crippen molar-refractivity contribution in [1.29, 1.82) is 0 Å². The normalized spacial score (nSPS) is 11.0. The fraction of sp³-hybridized carbons (Fsp3) is 0.0588. The first-order chi connectivity index (χ1) is 11.3. The van der Waals surface area contributed by atoms with Gasteiger partial charge in [0.25, 0.3) is 5.56 Å². The van der Waals surface area contributed by atoms with Crippen LogP contribution in [0.3, 0.4) is 0 Å². The monoisotopic (exact) mass is 323 g/mol. The van der Waals surface area contributed by atoms with Crippen molar-refractivity contribution < 1.29 is 4.74 Å². The van der Waals surface area contributed by atoms with E-state index in [1.165, 1.54) is 17.6 Å². The Morgan fingerprint density at radius 3 is 2.78 bits per heavy atom. The molecule has 0 amide bonds. The first kappa shape index (κ1) is 13.8. The summed E-state index contributed by atoms with van der Waals surface area (Å²) >= 11 is 1.27. The molecule has 0 aliphatic heterocycles. The van der Waals surface area contributed by atoms with Crippen molar-refractivity contribution in [3.05, 3.63) is 76.7 Å². The number of aromatic nitrogens is 3. The number of hydrogen-bond donors (Lipinski definition) is 1. The topological polar surface area (TPSA) is 59.9 Å². The van der Waals surface area contributed by atoms with Crippen LogP contribution in [0.15, 0.2) is 65.6 Å². The van der Waals surface area contributed by atoms with E-state index in [9.17, 15) is 4.79 Å². The standard InChI is InChI=1S/C17H13N3O2S/c21-16-9-17(23-19-16)20-15-7-6-14(8-13(15)10-18-20)22-11-12-4-2-1-3-5-12/h1-10H,11H2,(H,19,21). The molecule has 0 atom stereocenters. The van der Waals surface area contributed by atoms with Gasteiger partial charge in [0.15, 0.2) is 0 Å². The Labute approximate surface area is 135 Å². The van der Waals surface area contributed by atoms with Gasteiger partial charge in [-0.2, -0.15) is 5.10 Å². The van der Waals surface area contributed by atoms with E-state index < -0.39 is 0 Å². The van der Waals surface area contributed by atoms with Crippen LogP contribution in [0, 0.1) is 0 Å². The molecule has 2 aromatic carbocycles. The largest absolute Gasteiger partial charge is 0.489 e. The van der Waals surface area contributed by atoms with E-state index >= 15 is 0 Å². The van der Waals surface area contributed by atoms with Gasteiger partial charge in [0.2, 0.25) is 0 Å². The molecule has 4 aromatic rings. The molecule has 23 heavy (non-hydrogen) atoms. The maximum Gasteiger partial charge on any atom is 0.260 e. The zero-order valence-electron chi connectivity index (χ0n) is 12.1. The molecule has 0 aliphatic carbocycles. The Hall–Kier alpha value is -2.86. The lowest BCUT2D eigenvalue weighted by Crippen LogP contribution is -1.97. The van der Waals surface area contributed by atoms with Crippen LogP contribution in [0.2, 0.25) is 0 Å². The van der Waals surface area contributed by atoms with Crippen molar-refractivity contribution in [3.8, 4) is 10.8 Å². The molecule has 0 spiro atoms. The minimum atomic E-state index is -0.114. The molecule has 114 valence electrons. The van der Waals surface area contributed by atoms with Crippen LogP contribution in [-0.4, -0.2) is 14.2 Å². The van der Waals surface area contributed by atoms with E-state index in [0.29, 0.717) is 6.61 Å². The molecular weight excluding hydrogens is 310 g/mol. The first-order valence-electron chi connectivity index (χ1n) is 7.13. The van der Waals surface area contributed by atoms with Gasteiger partial charge in [0, 0.05) is 11.5 Å². The highest BCUT2D eigenvalue weighted by molar-refractivity contribution is 7.08. The van der Waals surface area contributed by atoms with E-state index in [-0.39, 0.29) is 5.56 Å². The minimum absolute atomic E-state index is 0.114. The summed E-state index contributed by atoms with van der Waals surface area (Å²) in [6, 6.07) is 17.4. The van der Waals surface area contributed by atoms with Crippen molar-refractivity contribution in [2.75, 3.05) is 0 Å². The fourth-order valence-corrected chi connectivity index (χ4v) is 3.06. The van der Waals surface area contributed by atoms with Crippen LogP contribution in [0.4, 0.5) is 0 Å². The average Bonchev–Trinajstić information content (AvgIpc) is 3.19. The highest BCUT2D eigenvalue weighted by atomic mass is 32.1. The summed E-state index contributed by atoms with van der Waals surface area (Å²) in [6.07, 6.45) is 1.77. The number of benzene rings is 2. The molecule has 2 heterocycles. The molecule has 0 radical (unpaired) electrons. The number of nitrogens with zero attached hydrogens (tertiary/aromatic N) is 2. The van der Waals surface area contributed by atoms with Crippen LogP contribution < -0.4 is 10.3 Å². The molecule has 1 N–H and O–H groups in total. The molecule has 0 unspecified atom stereocenters. The Morgan fingerprint density at radius 2 is 2.00 bits per heavy atom. The van der Waals surface area contributed by atoms with Gasteiger partial charge in [0.1, 0.15) is 17.4 Å². The number of aromatic amines is 1. The molecule has 0 aliphatic rings. The highest BCUT2D eigenvalue weighted by Gasteiger charge is 2.08. The van der Waals surface area contributed by atoms with Gasteiger partial charge in [-0.25, -0.2) is 4.68 Å². The second kappa shape index (κ2) is 5.73. The van der Waals surface area contributed by atoms with Crippen LogP contribution in [0.5, 0.6) is 5.75 Å². The van der Waals surface area contributed by atoms with Gasteiger partial charge in [-0.05, 0) is 35.3 Å². The summed E-state index contributed by atoms with van der Waals surface area (Å²) < 4.78 is 10.2. The fourth-order valence-electron chi connectivity index (χ4n) is 2.40. The molecular formula is C17H13N3O2S. The number of ether oxygens (including phenoxy) is 1. The third kappa shape index (κ3) is 2.76. The van der Waals surface area contributed by atoms with Crippen LogP contribution >= 0.6 is 11.5 Å². The summed E-state index contributed by atoms with van der Waals surface area (Å²) in [5, 5.41) is 6.09. The van der Waals surface area contributed by atoms with E-state index in [2.05, 4.69) is 9.47 Å². The van der Waals surface area contributed by atoms with Crippen LogP contribution in [-0.2, 0) is 6.61 Å². The Balaban J connectivity index is 1.61. The van der Waals surface area contributed by atoms with E-state index in [0.717, 1.165) is 27.2 Å². The third-order valence-electron chi connectivity index (χ3n) is 3.51. The molecule has 5 nitrogen and oxygen atoms in total.